The molecule has 7 nitrogen and oxygen atoms in total. The molecule has 2 aromatic heterocycles. The van der Waals surface area contributed by atoms with Crippen LogP contribution in [0.3, 0.4) is 0 Å². The monoisotopic (exact) mass is 554 g/mol. The Labute approximate surface area is 245 Å². The molecular weight excluding hydrogens is 508 g/mol. The van der Waals surface area contributed by atoms with E-state index in [1.165, 1.54) is 32.4 Å². The summed E-state index contributed by atoms with van der Waals surface area (Å²) in [5.41, 5.74) is 4.81. The molecule has 0 unspecified atom stereocenters. The zero-order valence-corrected chi connectivity index (χ0v) is 24.9. The summed E-state index contributed by atoms with van der Waals surface area (Å²) in [6, 6.07) is 18.5. The molecule has 0 spiro atoms. The van der Waals surface area contributed by atoms with E-state index >= 15 is 0 Å². The summed E-state index contributed by atoms with van der Waals surface area (Å²) in [5.74, 6) is 0.954. The van der Waals surface area contributed by atoms with Gasteiger partial charge in [0.05, 0.1) is 11.0 Å². The Morgan fingerprint density at radius 2 is 1.59 bits per heavy atom. The zero-order valence-electron chi connectivity index (χ0n) is 24.9. The van der Waals surface area contributed by atoms with E-state index in [2.05, 4.69) is 75.9 Å². The van der Waals surface area contributed by atoms with Crippen molar-refractivity contribution in [3.63, 3.8) is 0 Å². The highest BCUT2D eigenvalue weighted by molar-refractivity contribution is 5.98. The second-order valence-corrected chi connectivity index (χ2v) is 11.3. The maximum atomic E-state index is 13.6. The molecule has 0 radical (unpaired) electrons. The van der Waals surface area contributed by atoms with Crippen LogP contribution in [0.25, 0.3) is 16.7 Å². The highest BCUT2D eigenvalue weighted by Gasteiger charge is 2.19. The lowest BCUT2D eigenvalue weighted by Gasteiger charge is -2.26. The standard InChI is InChI=1S/C34H46N6O/c1-3-5-22-39(23-6-4-2)33(41)28-13-18-31-32(27-28)40(26-12-21-37-19-8-7-9-20-37)34(36-31)35-29-14-16-30(17-15-29)38-24-10-11-25-38/h10-11,13-18,24-25,27H,3-9,12,19-23,26H2,1-2H3,(H,35,36). The van der Waals surface area contributed by atoms with Crippen molar-refractivity contribution >= 4 is 28.6 Å². The number of aryl methyl sites for hydroxylation is 1. The molecule has 5 rings (SSSR count). The lowest BCUT2D eigenvalue weighted by molar-refractivity contribution is 0.0751. The van der Waals surface area contributed by atoms with Crippen LogP contribution in [0, 0.1) is 0 Å². The van der Waals surface area contributed by atoms with Gasteiger partial charge >= 0.3 is 0 Å². The molecule has 4 aromatic rings. The summed E-state index contributed by atoms with van der Waals surface area (Å²) in [6.07, 6.45) is 13.3. The van der Waals surface area contributed by atoms with Gasteiger partial charge in [-0.3, -0.25) is 4.79 Å². The van der Waals surface area contributed by atoms with Crippen molar-refractivity contribution in [3.05, 3.63) is 72.6 Å². The molecule has 0 bridgehead atoms. The molecule has 7 heteroatoms. The molecule has 1 amide bonds. The summed E-state index contributed by atoms with van der Waals surface area (Å²) in [5, 5.41) is 3.58. The first kappa shape index (κ1) is 28.9. The minimum atomic E-state index is 0.130. The number of imidazole rings is 1. The number of rotatable bonds is 14. The molecule has 218 valence electrons. The van der Waals surface area contributed by atoms with Crippen LogP contribution in [0.15, 0.2) is 67.0 Å². The van der Waals surface area contributed by atoms with Crippen LogP contribution in [-0.4, -0.2) is 62.5 Å². The number of nitrogens with zero attached hydrogens (tertiary/aromatic N) is 5. The number of hydrogen-bond donors (Lipinski definition) is 1. The van der Waals surface area contributed by atoms with Crippen molar-refractivity contribution in [2.24, 2.45) is 0 Å². The van der Waals surface area contributed by atoms with E-state index in [9.17, 15) is 4.79 Å². The number of amides is 1. The zero-order chi connectivity index (χ0) is 28.4. The molecule has 0 atom stereocenters. The minimum Gasteiger partial charge on any atom is -0.339 e. The van der Waals surface area contributed by atoms with Gasteiger partial charge in [0.25, 0.3) is 5.91 Å². The highest BCUT2D eigenvalue weighted by Crippen LogP contribution is 2.26. The molecule has 3 heterocycles. The fraction of sp³-hybridized carbons (Fsp3) is 0.471. The smallest absolute Gasteiger partial charge is 0.253 e. The van der Waals surface area contributed by atoms with E-state index in [0.717, 1.165) is 92.2 Å². The second kappa shape index (κ2) is 14.4. The number of anilines is 2. The quantitative estimate of drug-likeness (QED) is 0.175. The topological polar surface area (TPSA) is 58.3 Å². The molecule has 1 aliphatic heterocycles. The van der Waals surface area contributed by atoms with Crippen LogP contribution in [0.5, 0.6) is 0 Å². The van der Waals surface area contributed by atoms with Crippen molar-refractivity contribution < 1.29 is 4.79 Å². The van der Waals surface area contributed by atoms with Crippen LogP contribution < -0.4 is 5.32 Å². The summed E-state index contributed by atoms with van der Waals surface area (Å²) in [7, 11) is 0. The van der Waals surface area contributed by atoms with Gasteiger partial charge in [0, 0.05) is 49.0 Å². The summed E-state index contributed by atoms with van der Waals surface area (Å²) in [6.45, 7) is 10.3. The molecule has 1 saturated heterocycles. The summed E-state index contributed by atoms with van der Waals surface area (Å²) >= 11 is 0. The number of carbonyl (C=O) groups excluding carboxylic acids is 1. The lowest BCUT2D eigenvalue weighted by atomic mass is 10.1. The van der Waals surface area contributed by atoms with Crippen LogP contribution >= 0.6 is 0 Å². The van der Waals surface area contributed by atoms with Crippen molar-refractivity contribution in [2.75, 3.05) is 38.0 Å². The number of unbranched alkanes of at least 4 members (excludes halogenated alkanes) is 2. The molecule has 1 aliphatic rings. The van der Waals surface area contributed by atoms with Gasteiger partial charge in [0.15, 0.2) is 0 Å². The Morgan fingerprint density at radius 3 is 2.27 bits per heavy atom. The third-order valence-electron chi connectivity index (χ3n) is 8.18. The number of benzene rings is 2. The van der Waals surface area contributed by atoms with Gasteiger partial charge in [0.2, 0.25) is 5.95 Å². The van der Waals surface area contributed by atoms with E-state index in [4.69, 9.17) is 4.98 Å². The molecule has 0 aliphatic carbocycles. The average molecular weight is 555 g/mol. The first-order valence-electron chi connectivity index (χ1n) is 15.7. The Morgan fingerprint density at radius 1 is 0.878 bits per heavy atom. The Hall–Kier alpha value is -3.58. The van der Waals surface area contributed by atoms with Crippen LogP contribution in [0.1, 0.15) is 75.6 Å². The van der Waals surface area contributed by atoms with E-state index in [0.29, 0.717) is 0 Å². The maximum Gasteiger partial charge on any atom is 0.253 e. The predicted octanol–water partition coefficient (Wildman–Crippen LogP) is 7.49. The van der Waals surface area contributed by atoms with E-state index in [-0.39, 0.29) is 5.91 Å². The van der Waals surface area contributed by atoms with Gasteiger partial charge in [-0.15, -0.1) is 0 Å². The normalized spacial score (nSPS) is 14.0. The number of fused-ring (bicyclic) bond motifs is 1. The van der Waals surface area contributed by atoms with E-state index in [1.807, 2.05) is 29.2 Å². The van der Waals surface area contributed by atoms with E-state index in [1.54, 1.807) is 0 Å². The van der Waals surface area contributed by atoms with Gasteiger partial charge in [-0.25, -0.2) is 4.98 Å². The van der Waals surface area contributed by atoms with Gasteiger partial charge in [-0.2, -0.15) is 0 Å². The minimum absolute atomic E-state index is 0.130. The Kier molecular flexibility index (Phi) is 10.1. The first-order chi connectivity index (χ1) is 20.2. The molecule has 2 aromatic carbocycles. The van der Waals surface area contributed by atoms with Gasteiger partial charge < -0.3 is 24.3 Å². The largest absolute Gasteiger partial charge is 0.339 e. The van der Waals surface area contributed by atoms with Gasteiger partial charge in [-0.05, 0) is 106 Å². The number of likely N-dealkylation sites (tertiary alicyclic amines) is 1. The van der Waals surface area contributed by atoms with Crippen LogP contribution in [0.2, 0.25) is 0 Å². The van der Waals surface area contributed by atoms with Gasteiger partial charge in [-0.1, -0.05) is 33.1 Å². The van der Waals surface area contributed by atoms with E-state index < -0.39 is 0 Å². The van der Waals surface area contributed by atoms with Gasteiger partial charge in [0.1, 0.15) is 0 Å². The van der Waals surface area contributed by atoms with Crippen molar-refractivity contribution in [2.45, 2.75) is 71.8 Å². The number of aromatic nitrogens is 3. The SMILES string of the molecule is CCCCN(CCCC)C(=O)c1ccc2nc(Nc3ccc(-n4cccc4)cc3)n(CCCN3CCCCC3)c2c1. The molecule has 41 heavy (non-hydrogen) atoms. The van der Waals surface area contributed by atoms with Crippen molar-refractivity contribution in [3.8, 4) is 5.69 Å². The molecule has 0 saturated carbocycles. The first-order valence-corrected chi connectivity index (χ1v) is 15.7. The fourth-order valence-electron chi connectivity index (χ4n) is 5.76. The highest BCUT2D eigenvalue weighted by atomic mass is 16.2. The van der Waals surface area contributed by atoms with Crippen molar-refractivity contribution in [1.82, 2.24) is 23.9 Å². The molecular formula is C34H46N6O. The average Bonchev–Trinajstić information content (AvgIpc) is 3.66. The predicted molar refractivity (Wildman–Crippen MR) is 169 cm³/mol. The second-order valence-electron chi connectivity index (χ2n) is 11.3. The summed E-state index contributed by atoms with van der Waals surface area (Å²) in [4.78, 5) is 23.3. The number of carbonyl (C=O) groups is 1. The Balaban J connectivity index is 1.41. The van der Waals surface area contributed by atoms with Crippen LogP contribution in [-0.2, 0) is 6.54 Å². The fourth-order valence-corrected chi connectivity index (χ4v) is 5.76. The number of piperidine rings is 1. The number of hydrogen-bond acceptors (Lipinski definition) is 4. The third-order valence-corrected chi connectivity index (χ3v) is 8.18. The molecule has 1 fully saturated rings. The molecule has 1 N–H and O–H groups in total. The van der Waals surface area contributed by atoms with Crippen LogP contribution in [0.4, 0.5) is 11.6 Å². The van der Waals surface area contributed by atoms with Crippen molar-refractivity contribution in [1.29, 1.82) is 0 Å². The lowest BCUT2D eigenvalue weighted by Crippen LogP contribution is -2.33. The number of nitrogens with one attached hydrogen (secondary N) is 1. The third kappa shape index (κ3) is 7.39. The Bertz CT molecular complexity index is 1360. The maximum absolute atomic E-state index is 13.6. The summed E-state index contributed by atoms with van der Waals surface area (Å²) < 4.78 is 4.38.